The largest absolute Gasteiger partial charge is 0.506 e. The van der Waals surface area contributed by atoms with E-state index in [4.69, 9.17) is 4.63 Å². The number of phenolic OH excluding ortho intramolecular Hbond substituents is 1. The van der Waals surface area contributed by atoms with E-state index in [0.29, 0.717) is 11.2 Å². The van der Waals surface area contributed by atoms with Crippen LogP contribution in [0.5, 0.6) is 5.75 Å². The van der Waals surface area contributed by atoms with E-state index >= 15 is 0 Å². The first kappa shape index (κ1) is 15.2. The number of phenols is 1. The number of hydrogen-bond acceptors (Lipinski definition) is 8. The lowest BCUT2D eigenvalue weighted by Crippen LogP contribution is -2.18. The van der Waals surface area contributed by atoms with Crippen molar-refractivity contribution in [1.29, 1.82) is 0 Å². The molecule has 9 heteroatoms. The average molecular weight is 341 g/mol. The Morgan fingerprint density at radius 1 is 1.16 bits per heavy atom. The Kier molecular flexibility index (Phi) is 3.60. The summed E-state index contributed by atoms with van der Waals surface area (Å²) in [6, 6.07) is 8.22. The quantitative estimate of drug-likeness (QED) is 0.422. The molecule has 0 amide bonds. The molecular formula is C16H15N5O4. The van der Waals surface area contributed by atoms with Gasteiger partial charge in [0.15, 0.2) is 5.52 Å². The number of fused-ring (bicyclic) bond motifs is 1. The van der Waals surface area contributed by atoms with Crippen LogP contribution in [0.1, 0.15) is 12.8 Å². The molecule has 0 unspecified atom stereocenters. The Hall–Kier alpha value is -3.36. The summed E-state index contributed by atoms with van der Waals surface area (Å²) >= 11 is 0. The third-order valence-corrected chi connectivity index (χ3v) is 4.29. The molecule has 1 aliphatic rings. The second-order valence-corrected chi connectivity index (χ2v) is 5.85. The van der Waals surface area contributed by atoms with E-state index in [9.17, 15) is 15.2 Å². The lowest BCUT2D eigenvalue weighted by Gasteiger charge is -2.19. The molecule has 2 aromatic carbocycles. The number of aromatic hydroxyl groups is 1. The Bertz CT molecular complexity index is 949. The molecule has 25 heavy (non-hydrogen) atoms. The fourth-order valence-electron chi connectivity index (χ4n) is 3.12. The maximum Gasteiger partial charge on any atom is 0.324 e. The number of nitrogens with one attached hydrogen (secondary N) is 1. The molecule has 0 bridgehead atoms. The predicted molar refractivity (Wildman–Crippen MR) is 91.3 cm³/mol. The average Bonchev–Trinajstić information content (AvgIpc) is 3.27. The molecular weight excluding hydrogens is 326 g/mol. The number of benzene rings is 2. The summed E-state index contributed by atoms with van der Waals surface area (Å²) in [7, 11) is 0. The number of nitro benzene ring substituents is 1. The molecule has 0 radical (unpaired) electrons. The Labute approximate surface area is 142 Å². The molecule has 9 nitrogen and oxygen atoms in total. The van der Waals surface area contributed by atoms with Crippen molar-refractivity contribution in [2.75, 3.05) is 23.3 Å². The third-order valence-electron chi connectivity index (χ3n) is 4.29. The van der Waals surface area contributed by atoms with Crippen molar-refractivity contribution in [2.45, 2.75) is 12.8 Å². The van der Waals surface area contributed by atoms with Gasteiger partial charge in [-0.25, -0.2) is 4.63 Å². The second kappa shape index (κ2) is 5.93. The maximum absolute atomic E-state index is 11.6. The first-order chi connectivity index (χ1) is 12.1. The van der Waals surface area contributed by atoms with Crippen LogP contribution in [-0.4, -0.2) is 33.4 Å². The molecule has 0 atom stereocenters. The van der Waals surface area contributed by atoms with Crippen LogP contribution in [0.2, 0.25) is 0 Å². The predicted octanol–water partition coefficient (Wildman–Crippen LogP) is 3.18. The monoisotopic (exact) mass is 341 g/mol. The standard InChI is InChI=1S/C16H15N5O4/c22-13-6-2-1-5-10(13)17-11-9-12(20-7-3-4-8-20)14-15(19-25-18-14)16(11)21(23)24/h1-2,5-6,9,17,22H,3-4,7-8H2. The van der Waals surface area contributed by atoms with Gasteiger partial charge in [-0.3, -0.25) is 10.1 Å². The van der Waals surface area contributed by atoms with E-state index < -0.39 is 4.92 Å². The highest BCUT2D eigenvalue weighted by Crippen LogP contribution is 2.41. The van der Waals surface area contributed by atoms with Crippen molar-refractivity contribution in [2.24, 2.45) is 0 Å². The van der Waals surface area contributed by atoms with Crippen LogP contribution in [0.25, 0.3) is 11.0 Å². The summed E-state index contributed by atoms with van der Waals surface area (Å²) in [5, 5.41) is 32.1. The SMILES string of the molecule is O=[N+]([O-])c1c(Nc2ccccc2O)cc(N2CCCC2)c2nonc12. The van der Waals surface area contributed by atoms with Crippen LogP contribution in [0, 0.1) is 10.1 Å². The summed E-state index contributed by atoms with van der Waals surface area (Å²) in [4.78, 5) is 13.2. The topological polar surface area (TPSA) is 118 Å². The molecule has 4 rings (SSSR count). The molecule has 0 spiro atoms. The Morgan fingerprint density at radius 3 is 2.60 bits per heavy atom. The first-order valence-electron chi connectivity index (χ1n) is 7.89. The maximum atomic E-state index is 11.6. The zero-order valence-electron chi connectivity index (χ0n) is 13.2. The van der Waals surface area contributed by atoms with Gasteiger partial charge >= 0.3 is 5.69 Å². The van der Waals surface area contributed by atoms with E-state index in [1.54, 1.807) is 24.3 Å². The molecule has 0 saturated carbocycles. The van der Waals surface area contributed by atoms with E-state index in [-0.39, 0.29) is 22.6 Å². The fraction of sp³-hybridized carbons (Fsp3) is 0.250. The number of rotatable bonds is 4. The van der Waals surface area contributed by atoms with E-state index in [0.717, 1.165) is 31.6 Å². The summed E-state index contributed by atoms with van der Waals surface area (Å²) in [6.07, 6.45) is 2.10. The Morgan fingerprint density at radius 2 is 1.88 bits per heavy atom. The first-order valence-corrected chi connectivity index (χ1v) is 7.89. The van der Waals surface area contributed by atoms with Crippen LogP contribution in [0.4, 0.5) is 22.7 Å². The van der Waals surface area contributed by atoms with Gasteiger partial charge in [0.1, 0.15) is 11.4 Å². The highest BCUT2D eigenvalue weighted by Gasteiger charge is 2.29. The molecule has 1 fully saturated rings. The van der Waals surface area contributed by atoms with E-state index in [1.807, 2.05) is 0 Å². The zero-order valence-corrected chi connectivity index (χ0v) is 13.2. The lowest BCUT2D eigenvalue weighted by atomic mass is 10.1. The van der Waals surface area contributed by atoms with Crippen LogP contribution in [-0.2, 0) is 0 Å². The van der Waals surface area contributed by atoms with Crippen LogP contribution < -0.4 is 10.2 Å². The van der Waals surface area contributed by atoms with Crippen molar-refractivity contribution >= 4 is 33.8 Å². The van der Waals surface area contributed by atoms with Crippen molar-refractivity contribution in [1.82, 2.24) is 10.3 Å². The second-order valence-electron chi connectivity index (χ2n) is 5.85. The number of aromatic nitrogens is 2. The van der Waals surface area contributed by atoms with Gasteiger partial charge in [0, 0.05) is 13.1 Å². The number of hydrogen-bond donors (Lipinski definition) is 2. The smallest absolute Gasteiger partial charge is 0.324 e. The molecule has 1 aliphatic heterocycles. The highest BCUT2D eigenvalue weighted by atomic mass is 16.6. The number of para-hydroxylation sites is 2. The van der Waals surface area contributed by atoms with Gasteiger partial charge in [0.05, 0.1) is 16.3 Å². The summed E-state index contributed by atoms with van der Waals surface area (Å²) in [6.45, 7) is 1.69. The van der Waals surface area contributed by atoms with Crippen molar-refractivity contribution < 1.29 is 14.7 Å². The third kappa shape index (κ3) is 2.59. The number of nitro groups is 1. The van der Waals surface area contributed by atoms with Gasteiger partial charge < -0.3 is 15.3 Å². The fourth-order valence-corrected chi connectivity index (χ4v) is 3.12. The van der Waals surface area contributed by atoms with E-state index in [2.05, 4.69) is 20.5 Å². The lowest BCUT2D eigenvalue weighted by molar-refractivity contribution is -0.382. The molecule has 1 aromatic heterocycles. The highest BCUT2D eigenvalue weighted by molar-refractivity contribution is 6.00. The van der Waals surface area contributed by atoms with Gasteiger partial charge in [-0.15, -0.1) is 0 Å². The molecule has 1 saturated heterocycles. The van der Waals surface area contributed by atoms with Crippen LogP contribution >= 0.6 is 0 Å². The summed E-state index contributed by atoms with van der Waals surface area (Å²) < 4.78 is 4.78. The minimum Gasteiger partial charge on any atom is -0.506 e. The molecule has 2 heterocycles. The van der Waals surface area contributed by atoms with Gasteiger partial charge in [0.2, 0.25) is 5.52 Å². The number of nitrogens with zero attached hydrogens (tertiary/aromatic N) is 4. The normalized spacial score (nSPS) is 14.2. The summed E-state index contributed by atoms with van der Waals surface area (Å²) in [5.41, 5.74) is 1.56. The van der Waals surface area contributed by atoms with Crippen molar-refractivity contribution in [3.8, 4) is 5.75 Å². The molecule has 2 N–H and O–H groups in total. The zero-order chi connectivity index (χ0) is 17.4. The van der Waals surface area contributed by atoms with E-state index in [1.165, 1.54) is 6.07 Å². The van der Waals surface area contributed by atoms with Gasteiger partial charge in [-0.05, 0) is 41.4 Å². The molecule has 0 aliphatic carbocycles. The number of anilines is 3. The van der Waals surface area contributed by atoms with Crippen molar-refractivity contribution in [3.63, 3.8) is 0 Å². The van der Waals surface area contributed by atoms with Crippen molar-refractivity contribution in [3.05, 3.63) is 40.4 Å². The van der Waals surface area contributed by atoms with Gasteiger partial charge in [0.25, 0.3) is 0 Å². The molecule has 128 valence electrons. The Balaban J connectivity index is 1.90. The van der Waals surface area contributed by atoms with Gasteiger partial charge in [-0.2, -0.15) is 0 Å². The minimum atomic E-state index is -0.525. The van der Waals surface area contributed by atoms with Gasteiger partial charge in [-0.1, -0.05) is 12.1 Å². The van der Waals surface area contributed by atoms with Crippen LogP contribution in [0.3, 0.4) is 0 Å². The summed E-state index contributed by atoms with van der Waals surface area (Å²) in [5.74, 6) is -0.00195. The van der Waals surface area contributed by atoms with Crippen LogP contribution in [0.15, 0.2) is 35.0 Å². The minimum absolute atomic E-state index is 0.00195. The molecule has 3 aromatic rings.